The van der Waals surface area contributed by atoms with Gasteiger partial charge in [0.2, 0.25) is 0 Å². The van der Waals surface area contributed by atoms with Crippen molar-refractivity contribution in [3.63, 3.8) is 0 Å². The Labute approximate surface area is 84.0 Å². The summed E-state index contributed by atoms with van der Waals surface area (Å²) < 4.78 is 0. The first-order valence-corrected chi connectivity index (χ1v) is 6.02. The van der Waals surface area contributed by atoms with Crippen LogP contribution in [0.1, 0.15) is 41.0 Å². The second-order valence-electron chi connectivity index (χ2n) is 3.78. The van der Waals surface area contributed by atoms with E-state index in [4.69, 9.17) is 5.73 Å². The highest BCUT2D eigenvalue weighted by Gasteiger charge is 2.10. The van der Waals surface area contributed by atoms with E-state index in [1.165, 1.54) is 43.4 Å². The van der Waals surface area contributed by atoms with Crippen LogP contribution in [0.3, 0.4) is 0 Å². The van der Waals surface area contributed by atoms with Crippen molar-refractivity contribution in [2.45, 2.75) is 45.1 Å². The van der Waals surface area contributed by atoms with Crippen LogP contribution in [-0.4, -0.2) is 0 Å². The molecule has 0 aromatic carbocycles. The van der Waals surface area contributed by atoms with Gasteiger partial charge >= 0.3 is 0 Å². The lowest BCUT2D eigenvalue weighted by Gasteiger charge is -2.07. The molecule has 1 aromatic heterocycles. The van der Waals surface area contributed by atoms with Crippen molar-refractivity contribution < 1.29 is 0 Å². The second-order valence-corrected chi connectivity index (χ2v) is 5.00. The fraction of sp³-hybridized carbons (Fsp3) is 0.636. The fourth-order valence-electron chi connectivity index (χ4n) is 2.01. The van der Waals surface area contributed by atoms with Crippen molar-refractivity contribution in [3.8, 4) is 0 Å². The largest absolute Gasteiger partial charge is 0.326 e. The third kappa shape index (κ3) is 2.12. The first kappa shape index (κ1) is 9.22. The summed E-state index contributed by atoms with van der Waals surface area (Å²) in [6, 6.07) is 2.32. The number of fused-ring (bicyclic) bond motifs is 1. The quantitative estimate of drug-likeness (QED) is 0.732. The predicted molar refractivity (Wildman–Crippen MR) is 58.1 cm³/mol. The zero-order valence-corrected chi connectivity index (χ0v) is 8.83. The molecule has 2 N–H and O–H groups in total. The van der Waals surface area contributed by atoms with Crippen LogP contribution >= 0.6 is 11.3 Å². The maximum Gasteiger partial charge on any atom is 0.0273 e. The molecule has 0 radical (unpaired) electrons. The van der Waals surface area contributed by atoms with Crippen LogP contribution in [0.2, 0.25) is 0 Å². The molecule has 0 aliphatic heterocycles. The van der Waals surface area contributed by atoms with Gasteiger partial charge in [0, 0.05) is 16.3 Å². The third-order valence-corrected chi connectivity index (χ3v) is 4.01. The highest BCUT2D eigenvalue weighted by atomic mass is 32.1. The summed E-state index contributed by atoms with van der Waals surface area (Å²) in [7, 11) is 0. The second kappa shape index (κ2) is 4.25. The van der Waals surface area contributed by atoms with E-state index in [1.54, 1.807) is 10.4 Å². The lowest BCUT2D eigenvalue weighted by Crippen LogP contribution is -1.94. The molecule has 0 spiro atoms. The lowest BCUT2D eigenvalue weighted by atomic mass is 10.00. The lowest BCUT2D eigenvalue weighted by molar-refractivity contribution is 0.622. The number of nitrogens with two attached hydrogens (primary N) is 1. The Morgan fingerprint density at radius 1 is 1.15 bits per heavy atom. The van der Waals surface area contributed by atoms with Crippen molar-refractivity contribution in [2.24, 2.45) is 5.73 Å². The Kier molecular flexibility index (Phi) is 3.01. The minimum atomic E-state index is 0.720. The molecule has 1 aromatic rings. The highest BCUT2D eigenvalue weighted by Crippen LogP contribution is 2.27. The fourth-order valence-corrected chi connectivity index (χ4v) is 3.15. The smallest absolute Gasteiger partial charge is 0.0273 e. The Bertz CT molecular complexity index is 252. The molecule has 2 heteroatoms. The van der Waals surface area contributed by atoms with E-state index in [1.807, 2.05) is 11.3 Å². The molecule has 1 aliphatic rings. The predicted octanol–water partition coefficient (Wildman–Crippen LogP) is 2.87. The topological polar surface area (TPSA) is 26.0 Å². The Morgan fingerprint density at radius 2 is 1.92 bits per heavy atom. The van der Waals surface area contributed by atoms with Gasteiger partial charge < -0.3 is 5.73 Å². The molecular formula is C11H17NS. The maximum absolute atomic E-state index is 5.65. The molecule has 0 unspecified atom stereocenters. The van der Waals surface area contributed by atoms with Gasteiger partial charge in [0.05, 0.1) is 0 Å². The van der Waals surface area contributed by atoms with E-state index in [-0.39, 0.29) is 0 Å². The average molecular weight is 195 g/mol. The molecule has 0 amide bonds. The average Bonchev–Trinajstić information content (AvgIpc) is 2.47. The molecular weight excluding hydrogens is 178 g/mol. The highest BCUT2D eigenvalue weighted by molar-refractivity contribution is 7.12. The van der Waals surface area contributed by atoms with Crippen molar-refractivity contribution in [1.82, 2.24) is 0 Å². The molecule has 2 rings (SSSR count). The molecule has 72 valence electrons. The number of aryl methyl sites for hydroxylation is 2. The molecule has 0 atom stereocenters. The maximum atomic E-state index is 5.65. The summed E-state index contributed by atoms with van der Waals surface area (Å²) in [5.41, 5.74) is 7.24. The standard InChI is InChI=1S/C11H17NS/c12-8-10-7-9-5-3-1-2-4-6-11(9)13-10/h7H,1-6,8,12H2. The van der Waals surface area contributed by atoms with Crippen molar-refractivity contribution in [3.05, 3.63) is 21.4 Å². The van der Waals surface area contributed by atoms with Crippen LogP contribution in [0.15, 0.2) is 6.07 Å². The van der Waals surface area contributed by atoms with Crippen LogP contribution in [-0.2, 0) is 19.4 Å². The first-order chi connectivity index (χ1) is 6.40. The summed E-state index contributed by atoms with van der Waals surface area (Å²) in [5, 5.41) is 0. The van der Waals surface area contributed by atoms with Crippen LogP contribution < -0.4 is 5.73 Å². The molecule has 13 heavy (non-hydrogen) atoms. The summed E-state index contributed by atoms with van der Waals surface area (Å²) in [6.45, 7) is 0.720. The number of hydrogen-bond donors (Lipinski definition) is 1. The van der Waals surface area contributed by atoms with Gasteiger partial charge in [-0.2, -0.15) is 0 Å². The first-order valence-electron chi connectivity index (χ1n) is 5.20. The van der Waals surface area contributed by atoms with E-state index >= 15 is 0 Å². The molecule has 1 aliphatic carbocycles. The minimum absolute atomic E-state index is 0.720. The summed E-state index contributed by atoms with van der Waals surface area (Å²) >= 11 is 1.93. The number of hydrogen-bond acceptors (Lipinski definition) is 2. The normalized spacial score (nSPS) is 17.6. The van der Waals surface area contributed by atoms with Gasteiger partial charge in [0.1, 0.15) is 0 Å². The zero-order valence-electron chi connectivity index (χ0n) is 8.01. The molecule has 1 nitrogen and oxygen atoms in total. The zero-order chi connectivity index (χ0) is 9.10. The van der Waals surface area contributed by atoms with Crippen LogP contribution in [0.4, 0.5) is 0 Å². The number of rotatable bonds is 1. The van der Waals surface area contributed by atoms with Crippen LogP contribution in [0, 0.1) is 0 Å². The van der Waals surface area contributed by atoms with Crippen molar-refractivity contribution in [1.29, 1.82) is 0 Å². The summed E-state index contributed by atoms with van der Waals surface area (Å²) in [4.78, 5) is 2.98. The van der Waals surface area contributed by atoms with E-state index in [0.29, 0.717) is 0 Å². The Hall–Kier alpha value is -0.340. The molecule has 1 heterocycles. The Morgan fingerprint density at radius 3 is 2.69 bits per heavy atom. The van der Waals surface area contributed by atoms with Crippen molar-refractivity contribution in [2.75, 3.05) is 0 Å². The monoisotopic (exact) mass is 195 g/mol. The van der Waals surface area contributed by atoms with Gasteiger partial charge in [0.15, 0.2) is 0 Å². The van der Waals surface area contributed by atoms with Gasteiger partial charge in [-0.05, 0) is 37.3 Å². The van der Waals surface area contributed by atoms with Gasteiger partial charge in [-0.15, -0.1) is 11.3 Å². The van der Waals surface area contributed by atoms with E-state index in [9.17, 15) is 0 Å². The van der Waals surface area contributed by atoms with Gasteiger partial charge in [0.25, 0.3) is 0 Å². The van der Waals surface area contributed by atoms with Gasteiger partial charge in [-0.3, -0.25) is 0 Å². The molecule has 0 saturated carbocycles. The Balaban J connectivity index is 2.21. The summed E-state index contributed by atoms with van der Waals surface area (Å²) in [5.74, 6) is 0. The molecule has 0 saturated heterocycles. The van der Waals surface area contributed by atoms with E-state index in [0.717, 1.165) is 6.54 Å². The minimum Gasteiger partial charge on any atom is -0.326 e. The molecule has 0 fully saturated rings. The van der Waals surface area contributed by atoms with Crippen LogP contribution in [0.25, 0.3) is 0 Å². The SMILES string of the molecule is NCc1cc2c(s1)CCCCCC2. The van der Waals surface area contributed by atoms with E-state index < -0.39 is 0 Å². The van der Waals surface area contributed by atoms with Gasteiger partial charge in [-0.25, -0.2) is 0 Å². The number of thiophene rings is 1. The summed E-state index contributed by atoms with van der Waals surface area (Å²) in [6.07, 6.45) is 8.14. The van der Waals surface area contributed by atoms with Gasteiger partial charge in [-0.1, -0.05) is 12.8 Å². The van der Waals surface area contributed by atoms with E-state index in [2.05, 4.69) is 6.07 Å². The third-order valence-electron chi connectivity index (χ3n) is 2.75. The van der Waals surface area contributed by atoms with Crippen LogP contribution in [0.5, 0.6) is 0 Å². The molecule has 0 bridgehead atoms. The van der Waals surface area contributed by atoms with Crippen molar-refractivity contribution >= 4 is 11.3 Å².